The minimum absolute atomic E-state index is 0.203. The van der Waals surface area contributed by atoms with Crippen molar-refractivity contribution >= 4 is 22.7 Å². The van der Waals surface area contributed by atoms with Crippen LogP contribution in [0.3, 0.4) is 0 Å². The van der Waals surface area contributed by atoms with Crippen molar-refractivity contribution in [1.82, 2.24) is 4.98 Å². The molecular formula is C24H17NO3. The van der Waals surface area contributed by atoms with E-state index in [1.807, 2.05) is 60.8 Å². The van der Waals surface area contributed by atoms with Gasteiger partial charge in [-0.15, -0.1) is 0 Å². The van der Waals surface area contributed by atoms with Gasteiger partial charge in [-0.1, -0.05) is 60.7 Å². The molecule has 0 saturated carbocycles. The van der Waals surface area contributed by atoms with E-state index in [-0.39, 0.29) is 5.78 Å². The first-order valence-corrected chi connectivity index (χ1v) is 9.20. The third kappa shape index (κ3) is 2.54. The predicted molar refractivity (Wildman–Crippen MR) is 106 cm³/mol. The Balaban J connectivity index is 1.72. The molecule has 1 aliphatic rings. The van der Waals surface area contributed by atoms with Crippen LogP contribution in [0.1, 0.15) is 27.4 Å². The fourth-order valence-electron chi connectivity index (χ4n) is 4.06. The van der Waals surface area contributed by atoms with Gasteiger partial charge < -0.3 is 9.72 Å². The van der Waals surface area contributed by atoms with E-state index in [1.165, 1.54) is 0 Å². The number of benzene rings is 3. The molecule has 0 radical (unpaired) electrons. The first-order chi connectivity index (χ1) is 13.7. The number of aromatic amines is 1. The number of carbonyl (C=O) groups is 2. The number of ether oxygens (including phenoxy) is 1. The Labute approximate surface area is 161 Å². The van der Waals surface area contributed by atoms with Crippen LogP contribution in [0.5, 0.6) is 5.75 Å². The van der Waals surface area contributed by atoms with Crippen molar-refractivity contribution in [3.05, 3.63) is 102 Å². The highest BCUT2D eigenvalue weighted by atomic mass is 16.5. The van der Waals surface area contributed by atoms with E-state index >= 15 is 0 Å². The molecule has 2 heterocycles. The molecule has 0 saturated heterocycles. The summed E-state index contributed by atoms with van der Waals surface area (Å²) >= 11 is 0. The van der Waals surface area contributed by atoms with Gasteiger partial charge in [0.25, 0.3) is 0 Å². The van der Waals surface area contributed by atoms with Crippen LogP contribution < -0.4 is 4.74 Å². The van der Waals surface area contributed by atoms with E-state index in [2.05, 4.69) is 4.98 Å². The minimum atomic E-state index is -0.934. The van der Waals surface area contributed by atoms with Crippen molar-refractivity contribution in [1.29, 1.82) is 0 Å². The van der Waals surface area contributed by atoms with Crippen molar-refractivity contribution in [3.8, 4) is 5.75 Å². The molecule has 5 rings (SSSR count). The standard InChI is InChI=1S/C24H17NO3/c26-23-17-11-5-7-13-20(17)28-24(27)22(23)21(15-8-2-1-3-9-15)18-14-25-19-12-6-4-10-16(18)19/h1-14,21-22,25H. The monoisotopic (exact) mass is 367 g/mol. The first-order valence-electron chi connectivity index (χ1n) is 9.20. The average molecular weight is 367 g/mol. The molecule has 0 spiro atoms. The van der Waals surface area contributed by atoms with Gasteiger partial charge in [0.05, 0.1) is 5.56 Å². The van der Waals surface area contributed by atoms with E-state index in [4.69, 9.17) is 4.74 Å². The minimum Gasteiger partial charge on any atom is -0.425 e. The number of esters is 1. The summed E-state index contributed by atoms with van der Waals surface area (Å²) in [4.78, 5) is 29.6. The largest absolute Gasteiger partial charge is 0.425 e. The summed E-state index contributed by atoms with van der Waals surface area (Å²) in [6.07, 6.45) is 1.89. The molecule has 0 amide bonds. The van der Waals surface area contributed by atoms with E-state index in [0.717, 1.165) is 22.0 Å². The molecule has 0 fully saturated rings. The summed E-state index contributed by atoms with van der Waals surface area (Å²) in [5.74, 6) is -1.75. The summed E-state index contributed by atoms with van der Waals surface area (Å²) in [6.45, 7) is 0. The van der Waals surface area contributed by atoms with Gasteiger partial charge >= 0.3 is 5.97 Å². The Bertz CT molecular complexity index is 1190. The lowest BCUT2D eigenvalue weighted by molar-refractivity contribution is -0.138. The van der Waals surface area contributed by atoms with Crippen LogP contribution in [0.2, 0.25) is 0 Å². The Morgan fingerprint density at radius 1 is 0.821 bits per heavy atom. The van der Waals surface area contributed by atoms with Crippen molar-refractivity contribution in [2.24, 2.45) is 5.92 Å². The third-order valence-electron chi connectivity index (χ3n) is 5.35. The number of rotatable bonds is 3. The van der Waals surface area contributed by atoms with Crippen LogP contribution in [-0.4, -0.2) is 16.7 Å². The molecule has 3 aromatic carbocycles. The molecule has 2 unspecified atom stereocenters. The lowest BCUT2D eigenvalue weighted by Crippen LogP contribution is -2.38. The number of H-pyrrole nitrogens is 1. The SMILES string of the molecule is O=C1Oc2ccccc2C(=O)C1C(c1ccccc1)c1c[nH]c2ccccc12. The molecule has 1 aromatic heterocycles. The van der Waals surface area contributed by atoms with Gasteiger partial charge in [0.1, 0.15) is 11.7 Å². The summed E-state index contributed by atoms with van der Waals surface area (Å²) in [5, 5.41) is 0.996. The highest BCUT2D eigenvalue weighted by Crippen LogP contribution is 2.41. The summed E-state index contributed by atoms with van der Waals surface area (Å²) in [6, 6.07) is 24.5. The average Bonchev–Trinajstić information content (AvgIpc) is 3.15. The van der Waals surface area contributed by atoms with Crippen LogP contribution >= 0.6 is 0 Å². The van der Waals surface area contributed by atoms with Crippen LogP contribution in [0.4, 0.5) is 0 Å². The van der Waals surface area contributed by atoms with Gasteiger partial charge in [-0.3, -0.25) is 9.59 Å². The molecule has 136 valence electrons. The van der Waals surface area contributed by atoms with Crippen molar-refractivity contribution in [2.45, 2.75) is 5.92 Å². The zero-order chi connectivity index (χ0) is 19.1. The quantitative estimate of drug-likeness (QED) is 0.324. The number of carbonyl (C=O) groups excluding carboxylic acids is 2. The molecule has 4 nitrogen and oxygen atoms in total. The molecule has 0 bridgehead atoms. The normalized spacial score (nSPS) is 17.2. The third-order valence-corrected chi connectivity index (χ3v) is 5.35. The molecule has 2 atom stereocenters. The second kappa shape index (κ2) is 6.50. The van der Waals surface area contributed by atoms with E-state index in [1.54, 1.807) is 24.3 Å². The van der Waals surface area contributed by atoms with E-state index < -0.39 is 17.8 Å². The second-order valence-corrected chi connectivity index (χ2v) is 6.94. The summed E-state index contributed by atoms with van der Waals surface area (Å²) < 4.78 is 5.56. The van der Waals surface area contributed by atoms with Crippen LogP contribution in [0, 0.1) is 5.92 Å². The fraction of sp³-hybridized carbons (Fsp3) is 0.0833. The van der Waals surface area contributed by atoms with Gasteiger partial charge in [-0.25, -0.2) is 0 Å². The molecule has 0 aliphatic carbocycles. The Hall–Kier alpha value is -3.66. The molecule has 4 heteroatoms. The summed E-state index contributed by atoms with van der Waals surface area (Å²) in [5.41, 5.74) is 3.24. The zero-order valence-electron chi connectivity index (χ0n) is 15.0. The molecule has 28 heavy (non-hydrogen) atoms. The van der Waals surface area contributed by atoms with E-state index in [9.17, 15) is 9.59 Å². The van der Waals surface area contributed by atoms with Gasteiger partial charge in [-0.2, -0.15) is 0 Å². The zero-order valence-corrected chi connectivity index (χ0v) is 15.0. The predicted octanol–water partition coefficient (Wildman–Crippen LogP) is 4.72. The van der Waals surface area contributed by atoms with Crippen molar-refractivity contribution in [3.63, 3.8) is 0 Å². The second-order valence-electron chi connectivity index (χ2n) is 6.94. The molecule has 1 N–H and O–H groups in total. The maximum absolute atomic E-state index is 13.4. The number of hydrogen-bond acceptors (Lipinski definition) is 3. The van der Waals surface area contributed by atoms with Crippen LogP contribution in [-0.2, 0) is 4.79 Å². The first kappa shape index (κ1) is 16.5. The van der Waals surface area contributed by atoms with E-state index in [0.29, 0.717) is 11.3 Å². The maximum atomic E-state index is 13.4. The van der Waals surface area contributed by atoms with Crippen LogP contribution in [0.15, 0.2) is 85.1 Å². The lowest BCUT2D eigenvalue weighted by atomic mass is 9.76. The number of para-hydroxylation sites is 2. The lowest BCUT2D eigenvalue weighted by Gasteiger charge is -2.29. The van der Waals surface area contributed by atoms with Gasteiger partial charge in [-0.05, 0) is 29.3 Å². The maximum Gasteiger partial charge on any atom is 0.323 e. The van der Waals surface area contributed by atoms with Gasteiger partial charge in [0, 0.05) is 23.0 Å². The molecule has 4 aromatic rings. The van der Waals surface area contributed by atoms with Crippen LogP contribution in [0.25, 0.3) is 10.9 Å². The Morgan fingerprint density at radius 2 is 1.54 bits per heavy atom. The summed E-state index contributed by atoms with van der Waals surface area (Å²) in [7, 11) is 0. The number of aromatic nitrogens is 1. The highest BCUT2D eigenvalue weighted by molar-refractivity contribution is 6.14. The Kier molecular flexibility index (Phi) is 3.83. The van der Waals surface area contributed by atoms with Crippen molar-refractivity contribution in [2.75, 3.05) is 0 Å². The fourth-order valence-corrected chi connectivity index (χ4v) is 4.06. The smallest absolute Gasteiger partial charge is 0.323 e. The topological polar surface area (TPSA) is 59.2 Å². The number of Topliss-reactive ketones (excluding diaryl/α,β-unsaturated/α-hetero) is 1. The Morgan fingerprint density at radius 3 is 2.39 bits per heavy atom. The molecular weight excluding hydrogens is 350 g/mol. The van der Waals surface area contributed by atoms with Gasteiger partial charge in [0.15, 0.2) is 5.78 Å². The number of nitrogens with one attached hydrogen (secondary N) is 1. The number of fused-ring (bicyclic) bond motifs is 2. The highest BCUT2D eigenvalue weighted by Gasteiger charge is 2.43. The molecule has 1 aliphatic heterocycles. The number of ketones is 1. The number of hydrogen-bond donors (Lipinski definition) is 1. The van der Waals surface area contributed by atoms with Crippen molar-refractivity contribution < 1.29 is 14.3 Å². The van der Waals surface area contributed by atoms with Gasteiger partial charge in [0.2, 0.25) is 0 Å².